The van der Waals surface area contributed by atoms with Crippen LogP contribution in [-0.2, 0) is 9.59 Å². The smallest absolute Gasteiger partial charge is 0.335 e. The molecule has 0 spiro atoms. The summed E-state index contributed by atoms with van der Waals surface area (Å²) in [5.41, 5.74) is 7.06. The molecule has 142 valence electrons. The molecule has 1 atom stereocenters. The van der Waals surface area contributed by atoms with Crippen LogP contribution in [0.25, 0.3) is 0 Å². The van der Waals surface area contributed by atoms with E-state index < -0.39 is 17.1 Å². The SMILES string of the molecule is N/C(=N\N=C\c1ccccc1)SC1CC(=O)N(c2ccc(C(=O)O)cc2)C1=O. The normalized spacial score (nSPS) is 17.5. The lowest BCUT2D eigenvalue weighted by Gasteiger charge is -2.14. The molecule has 0 aliphatic carbocycles. The van der Waals surface area contributed by atoms with Crippen molar-refractivity contribution >= 4 is 46.6 Å². The number of imide groups is 1. The van der Waals surface area contributed by atoms with Gasteiger partial charge in [0.05, 0.1) is 17.5 Å². The van der Waals surface area contributed by atoms with Crippen molar-refractivity contribution in [1.29, 1.82) is 0 Å². The third kappa shape index (κ3) is 4.44. The van der Waals surface area contributed by atoms with Gasteiger partial charge in [-0.15, -0.1) is 5.10 Å². The maximum atomic E-state index is 12.6. The maximum Gasteiger partial charge on any atom is 0.335 e. The summed E-state index contributed by atoms with van der Waals surface area (Å²) in [6.45, 7) is 0. The van der Waals surface area contributed by atoms with Crippen molar-refractivity contribution in [3.63, 3.8) is 0 Å². The Hall–Kier alpha value is -3.46. The summed E-state index contributed by atoms with van der Waals surface area (Å²) in [7, 11) is 0. The molecule has 1 heterocycles. The predicted molar refractivity (Wildman–Crippen MR) is 108 cm³/mol. The molecule has 2 aromatic rings. The lowest BCUT2D eigenvalue weighted by atomic mass is 10.2. The molecule has 0 bridgehead atoms. The van der Waals surface area contributed by atoms with Gasteiger partial charge in [0.25, 0.3) is 0 Å². The molecule has 1 aliphatic heterocycles. The van der Waals surface area contributed by atoms with E-state index in [-0.39, 0.29) is 23.1 Å². The van der Waals surface area contributed by atoms with Crippen LogP contribution in [0.3, 0.4) is 0 Å². The molecule has 1 saturated heterocycles. The number of amides is 2. The molecule has 1 fully saturated rings. The van der Waals surface area contributed by atoms with Gasteiger partial charge in [-0.25, -0.2) is 9.69 Å². The highest BCUT2D eigenvalue weighted by Crippen LogP contribution is 2.29. The van der Waals surface area contributed by atoms with Gasteiger partial charge >= 0.3 is 5.97 Å². The highest BCUT2D eigenvalue weighted by molar-refractivity contribution is 8.14. The number of hydrogen-bond acceptors (Lipinski definition) is 6. The highest BCUT2D eigenvalue weighted by Gasteiger charge is 2.40. The zero-order valence-electron chi connectivity index (χ0n) is 14.6. The van der Waals surface area contributed by atoms with E-state index in [1.54, 1.807) is 0 Å². The van der Waals surface area contributed by atoms with Crippen molar-refractivity contribution < 1.29 is 19.5 Å². The van der Waals surface area contributed by atoms with Gasteiger partial charge in [-0.2, -0.15) is 5.10 Å². The molecule has 1 unspecified atom stereocenters. The van der Waals surface area contributed by atoms with Gasteiger partial charge in [0.2, 0.25) is 11.8 Å². The number of carbonyl (C=O) groups is 3. The number of rotatable bonds is 5. The average Bonchev–Trinajstić information content (AvgIpc) is 2.96. The second kappa shape index (κ2) is 8.49. The van der Waals surface area contributed by atoms with Crippen LogP contribution in [0.4, 0.5) is 5.69 Å². The Morgan fingerprint density at radius 1 is 1.14 bits per heavy atom. The summed E-state index contributed by atoms with van der Waals surface area (Å²) < 4.78 is 0. The van der Waals surface area contributed by atoms with Crippen LogP contribution in [0.2, 0.25) is 0 Å². The van der Waals surface area contributed by atoms with Gasteiger partial charge in [-0.3, -0.25) is 9.59 Å². The number of anilines is 1. The Balaban J connectivity index is 1.66. The molecule has 0 aromatic heterocycles. The fourth-order valence-electron chi connectivity index (χ4n) is 2.58. The largest absolute Gasteiger partial charge is 0.478 e. The van der Waals surface area contributed by atoms with E-state index in [9.17, 15) is 14.4 Å². The molecule has 3 N–H and O–H groups in total. The van der Waals surface area contributed by atoms with Crippen molar-refractivity contribution in [2.75, 3.05) is 4.90 Å². The molecule has 28 heavy (non-hydrogen) atoms. The zero-order chi connectivity index (χ0) is 20.1. The van der Waals surface area contributed by atoms with Crippen LogP contribution >= 0.6 is 11.8 Å². The predicted octanol–water partition coefficient (Wildman–Crippen LogP) is 2.10. The second-order valence-electron chi connectivity index (χ2n) is 5.82. The minimum atomic E-state index is -1.08. The van der Waals surface area contributed by atoms with Crippen LogP contribution in [0.5, 0.6) is 0 Å². The summed E-state index contributed by atoms with van der Waals surface area (Å²) in [6, 6.07) is 14.9. The van der Waals surface area contributed by atoms with Gasteiger partial charge in [-0.05, 0) is 29.8 Å². The number of thioether (sulfide) groups is 1. The first-order valence-corrected chi connectivity index (χ1v) is 9.12. The molecule has 2 amide bonds. The Labute approximate surface area is 164 Å². The van der Waals surface area contributed by atoms with Crippen molar-refractivity contribution in [2.45, 2.75) is 11.7 Å². The number of carboxylic acids is 1. The highest BCUT2D eigenvalue weighted by atomic mass is 32.2. The van der Waals surface area contributed by atoms with Crippen LogP contribution in [0, 0.1) is 0 Å². The first-order chi connectivity index (χ1) is 13.5. The molecule has 8 nitrogen and oxygen atoms in total. The Bertz CT molecular complexity index is 958. The van der Waals surface area contributed by atoms with Crippen molar-refractivity contribution in [1.82, 2.24) is 0 Å². The summed E-state index contributed by atoms with van der Waals surface area (Å²) in [5.74, 6) is -1.89. The van der Waals surface area contributed by atoms with E-state index >= 15 is 0 Å². The van der Waals surface area contributed by atoms with E-state index in [0.717, 1.165) is 22.2 Å². The summed E-state index contributed by atoms with van der Waals surface area (Å²) >= 11 is 0.969. The van der Waals surface area contributed by atoms with E-state index in [1.807, 2.05) is 30.3 Å². The fraction of sp³-hybridized carbons (Fsp3) is 0.105. The number of benzene rings is 2. The summed E-state index contributed by atoms with van der Waals surface area (Å²) in [5, 5.41) is 16.0. The number of nitrogens with two attached hydrogens (primary N) is 1. The van der Waals surface area contributed by atoms with Gasteiger partial charge in [-0.1, -0.05) is 42.1 Å². The van der Waals surface area contributed by atoms with Crippen molar-refractivity contribution in [2.24, 2.45) is 15.9 Å². The molecule has 0 saturated carbocycles. The minimum Gasteiger partial charge on any atom is -0.478 e. The number of aromatic carboxylic acids is 1. The number of hydrogen-bond donors (Lipinski definition) is 2. The number of carboxylic acid groups (broad SMARTS) is 1. The molecule has 9 heteroatoms. The third-order valence-electron chi connectivity index (χ3n) is 3.90. The quantitative estimate of drug-likeness (QED) is 0.345. The number of nitrogens with zero attached hydrogens (tertiary/aromatic N) is 3. The van der Waals surface area contributed by atoms with Crippen LogP contribution in [-0.4, -0.2) is 39.5 Å². The summed E-state index contributed by atoms with van der Waals surface area (Å²) in [6.07, 6.45) is 1.51. The van der Waals surface area contributed by atoms with Gasteiger partial charge in [0.1, 0.15) is 5.25 Å². The Morgan fingerprint density at radius 2 is 1.82 bits per heavy atom. The maximum absolute atomic E-state index is 12.6. The van der Waals surface area contributed by atoms with Crippen molar-refractivity contribution in [3.8, 4) is 0 Å². The lowest BCUT2D eigenvalue weighted by molar-refractivity contribution is -0.121. The average molecular weight is 396 g/mol. The summed E-state index contributed by atoms with van der Waals surface area (Å²) in [4.78, 5) is 36.8. The topological polar surface area (TPSA) is 125 Å². The molecular formula is C19H16N4O4S. The fourth-order valence-corrected chi connectivity index (χ4v) is 3.40. The minimum absolute atomic E-state index is 0.0250. The van der Waals surface area contributed by atoms with Crippen LogP contribution in [0.1, 0.15) is 22.3 Å². The lowest BCUT2D eigenvalue weighted by Crippen LogP contribution is -2.31. The Morgan fingerprint density at radius 3 is 2.46 bits per heavy atom. The van der Waals surface area contributed by atoms with E-state index in [2.05, 4.69) is 10.2 Å². The van der Waals surface area contributed by atoms with E-state index in [1.165, 1.54) is 30.5 Å². The molecular weight excluding hydrogens is 380 g/mol. The number of carbonyl (C=O) groups excluding carboxylic acids is 2. The van der Waals surface area contributed by atoms with Crippen LogP contribution in [0.15, 0.2) is 64.8 Å². The first-order valence-electron chi connectivity index (χ1n) is 8.24. The Kier molecular flexibility index (Phi) is 5.85. The molecule has 1 aliphatic rings. The second-order valence-corrected chi connectivity index (χ2v) is 7.05. The molecule has 2 aromatic carbocycles. The molecule has 3 rings (SSSR count). The van der Waals surface area contributed by atoms with Gasteiger partial charge < -0.3 is 10.8 Å². The van der Waals surface area contributed by atoms with Crippen molar-refractivity contribution in [3.05, 3.63) is 65.7 Å². The number of amidine groups is 1. The third-order valence-corrected chi connectivity index (χ3v) is 4.88. The zero-order valence-corrected chi connectivity index (χ0v) is 15.4. The first kappa shape index (κ1) is 19.3. The standard InChI is InChI=1S/C19H16N4O4S/c20-19(22-21-11-12-4-2-1-3-5-12)28-15-10-16(24)23(17(15)25)14-8-6-13(7-9-14)18(26)27/h1-9,11,15H,10H2,(H2,20,22)(H,26,27)/b21-11+. The van der Waals surface area contributed by atoms with Gasteiger partial charge in [0, 0.05) is 6.42 Å². The monoisotopic (exact) mass is 396 g/mol. The van der Waals surface area contributed by atoms with Gasteiger partial charge in [0.15, 0.2) is 5.17 Å². The molecule has 0 radical (unpaired) electrons. The van der Waals surface area contributed by atoms with Crippen LogP contribution < -0.4 is 10.6 Å². The van der Waals surface area contributed by atoms with E-state index in [4.69, 9.17) is 10.8 Å². The van der Waals surface area contributed by atoms with E-state index in [0.29, 0.717) is 5.69 Å².